The van der Waals surface area contributed by atoms with Gasteiger partial charge in [0.15, 0.2) is 0 Å². The average molecular weight is 468 g/mol. The molecule has 0 saturated carbocycles. The molecule has 4 rings (SSSR count). The first-order valence-corrected chi connectivity index (χ1v) is 12.8. The second-order valence-electron chi connectivity index (χ2n) is 8.93. The van der Waals surface area contributed by atoms with Gasteiger partial charge >= 0.3 is 0 Å². The zero-order chi connectivity index (χ0) is 24.3. The van der Waals surface area contributed by atoms with Crippen LogP contribution in [0.15, 0.2) is 91.1 Å². The predicted octanol–water partition coefficient (Wildman–Crippen LogP) is 6.99. The fourth-order valence-corrected chi connectivity index (χ4v) is 4.49. The van der Waals surface area contributed by atoms with Gasteiger partial charge in [0.25, 0.3) is 0 Å². The molecule has 0 amide bonds. The number of hydrogen-bond donors (Lipinski definition) is 0. The minimum Gasteiger partial charge on any atom is -0.494 e. The molecule has 1 heterocycles. The van der Waals surface area contributed by atoms with Crippen molar-refractivity contribution in [1.82, 2.24) is 14.5 Å². The molecule has 0 aliphatic rings. The Kier molecular flexibility index (Phi) is 9.13. The molecule has 4 nitrogen and oxygen atoms in total. The van der Waals surface area contributed by atoms with E-state index in [2.05, 4.69) is 101 Å². The summed E-state index contributed by atoms with van der Waals surface area (Å²) in [4.78, 5) is 7.41. The Morgan fingerprint density at radius 1 is 0.829 bits per heavy atom. The highest BCUT2D eigenvalue weighted by Gasteiger charge is 2.16. The summed E-state index contributed by atoms with van der Waals surface area (Å²) < 4.78 is 8.31. The van der Waals surface area contributed by atoms with Crippen molar-refractivity contribution in [2.45, 2.75) is 52.7 Å². The minimum atomic E-state index is 0.684. The molecule has 0 N–H and O–H groups in total. The van der Waals surface area contributed by atoms with Gasteiger partial charge in [-0.05, 0) is 37.0 Å². The molecule has 4 aromatic rings. The molecule has 1 aromatic heterocycles. The zero-order valence-electron chi connectivity index (χ0n) is 21.1. The van der Waals surface area contributed by atoms with Gasteiger partial charge in [-0.3, -0.25) is 4.90 Å². The van der Waals surface area contributed by atoms with Crippen LogP contribution < -0.4 is 4.74 Å². The minimum absolute atomic E-state index is 0.684. The van der Waals surface area contributed by atoms with Crippen LogP contribution in [-0.4, -0.2) is 27.6 Å². The monoisotopic (exact) mass is 467 g/mol. The molecule has 4 heteroatoms. The molecular formula is C31H37N3O. The molecule has 0 aliphatic carbocycles. The fraction of sp³-hybridized carbons (Fsp3) is 0.323. The second-order valence-corrected chi connectivity index (χ2v) is 8.93. The van der Waals surface area contributed by atoms with Crippen molar-refractivity contribution in [1.29, 1.82) is 0 Å². The molecule has 3 aromatic carbocycles. The molecule has 0 aliphatic heterocycles. The normalized spacial score (nSPS) is 11.2. The lowest BCUT2D eigenvalue weighted by atomic mass is 10.1. The van der Waals surface area contributed by atoms with E-state index in [9.17, 15) is 0 Å². The van der Waals surface area contributed by atoms with E-state index in [-0.39, 0.29) is 0 Å². The van der Waals surface area contributed by atoms with Crippen molar-refractivity contribution in [2.24, 2.45) is 0 Å². The standard InChI is InChI=1S/C31H37N3O/c1-3-5-21-34-29(23-32-31(34)28-17-10-7-11-18-28)25-33(24-26-14-8-6-9-15-26)22-20-27-16-12-13-19-30(27)35-4-2/h6-19,23H,3-5,20-22,24-25H2,1-2H3. The van der Waals surface area contributed by atoms with Crippen LogP contribution in [0.1, 0.15) is 43.5 Å². The molecule has 0 radical (unpaired) electrons. The zero-order valence-corrected chi connectivity index (χ0v) is 21.1. The van der Waals surface area contributed by atoms with E-state index in [1.807, 2.05) is 13.0 Å². The summed E-state index contributed by atoms with van der Waals surface area (Å²) in [5.74, 6) is 2.06. The van der Waals surface area contributed by atoms with Gasteiger partial charge in [-0.15, -0.1) is 0 Å². The largest absolute Gasteiger partial charge is 0.494 e. The number of rotatable bonds is 13. The first-order chi connectivity index (χ1) is 17.3. The summed E-state index contributed by atoms with van der Waals surface area (Å²) in [6.45, 7) is 8.66. The molecule has 35 heavy (non-hydrogen) atoms. The Hall–Kier alpha value is -3.37. The Morgan fingerprint density at radius 3 is 2.29 bits per heavy atom. The summed E-state index contributed by atoms with van der Waals surface area (Å²) in [6, 6.07) is 29.7. The first-order valence-electron chi connectivity index (χ1n) is 12.8. The van der Waals surface area contributed by atoms with Crippen LogP contribution in [0.3, 0.4) is 0 Å². The third kappa shape index (κ3) is 6.83. The third-order valence-corrected chi connectivity index (χ3v) is 6.31. The maximum atomic E-state index is 5.89. The summed E-state index contributed by atoms with van der Waals surface area (Å²) >= 11 is 0. The lowest BCUT2D eigenvalue weighted by molar-refractivity contribution is 0.251. The Morgan fingerprint density at radius 2 is 1.54 bits per heavy atom. The van der Waals surface area contributed by atoms with Crippen LogP contribution in [0.4, 0.5) is 0 Å². The van der Waals surface area contributed by atoms with Gasteiger partial charge in [0.1, 0.15) is 11.6 Å². The molecule has 0 bridgehead atoms. The van der Waals surface area contributed by atoms with Crippen LogP contribution >= 0.6 is 0 Å². The maximum Gasteiger partial charge on any atom is 0.140 e. The number of imidazole rings is 1. The molecule has 0 atom stereocenters. The van der Waals surface area contributed by atoms with E-state index in [0.717, 1.165) is 57.0 Å². The summed E-state index contributed by atoms with van der Waals surface area (Å²) in [6.07, 6.45) is 5.32. The van der Waals surface area contributed by atoms with Gasteiger partial charge in [-0.2, -0.15) is 0 Å². The highest BCUT2D eigenvalue weighted by molar-refractivity contribution is 5.55. The number of ether oxygens (including phenoxy) is 1. The van der Waals surface area contributed by atoms with Crippen LogP contribution in [0.2, 0.25) is 0 Å². The molecule has 0 spiro atoms. The van der Waals surface area contributed by atoms with Gasteiger partial charge in [0, 0.05) is 31.7 Å². The van der Waals surface area contributed by atoms with E-state index in [4.69, 9.17) is 9.72 Å². The molecule has 0 unspecified atom stereocenters. The van der Waals surface area contributed by atoms with E-state index in [0.29, 0.717) is 6.61 Å². The number of benzene rings is 3. The lowest BCUT2D eigenvalue weighted by Gasteiger charge is -2.24. The van der Waals surface area contributed by atoms with Crippen molar-refractivity contribution >= 4 is 0 Å². The van der Waals surface area contributed by atoms with Gasteiger partial charge in [0.05, 0.1) is 18.5 Å². The van der Waals surface area contributed by atoms with Crippen LogP contribution in [0.25, 0.3) is 11.4 Å². The van der Waals surface area contributed by atoms with E-state index in [1.165, 1.54) is 22.4 Å². The molecule has 182 valence electrons. The smallest absolute Gasteiger partial charge is 0.140 e. The average Bonchev–Trinajstić information content (AvgIpc) is 3.30. The summed E-state index contributed by atoms with van der Waals surface area (Å²) in [7, 11) is 0. The van der Waals surface area contributed by atoms with Gasteiger partial charge in [-0.1, -0.05) is 92.2 Å². The molecule has 0 fully saturated rings. The third-order valence-electron chi connectivity index (χ3n) is 6.31. The summed E-state index contributed by atoms with van der Waals surface area (Å²) in [5.41, 5.74) is 5.03. The van der Waals surface area contributed by atoms with Crippen LogP contribution in [-0.2, 0) is 26.1 Å². The molecule has 0 saturated heterocycles. The number of para-hydroxylation sites is 1. The van der Waals surface area contributed by atoms with Crippen LogP contribution in [0, 0.1) is 0 Å². The highest BCUT2D eigenvalue weighted by atomic mass is 16.5. The van der Waals surface area contributed by atoms with Crippen molar-refractivity contribution in [3.63, 3.8) is 0 Å². The van der Waals surface area contributed by atoms with Crippen molar-refractivity contribution in [3.05, 3.63) is 108 Å². The highest BCUT2D eigenvalue weighted by Crippen LogP contribution is 2.23. The number of unbranched alkanes of at least 4 members (excludes halogenated alkanes) is 1. The number of aromatic nitrogens is 2. The Labute approximate surface area is 210 Å². The predicted molar refractivity (Wildman–Crippen MR) is 144 cm³/mol. The van der Waals surface area contributed by atoms with Gasteiger partial charge < -0.3 is 9.30 Å². The maximum absolute atomic E-state index is 5.89. The SMILES string of the molecule is CCCCn1c(CN(CCc2ccccc2OCC)Cc2ccccc2)cnc1-c1ccccc1. The lowest BCUT2D eigenvalue weighted by Crippen LogP contribution is -2.27. The first kappa shape index (κ1) is 24.7. The fourth-order valence-electron chi connectivity index (χ4n) is 4.49. The van der Waals surface area contributed by atoms with Gasteiger partial charge in [-0.25, -0.2) is 4.98 Å². The number of hydrogen-bond acceptors (Lipinski definition) is 3. The van der Waals surface area contributed by atoms with Crippen molar-refractivity contribution in [3.8, 4) is 17.1 Å². The van der Waals surface area contributed by atoms with Crippen molar-refractivity contribution in [2.75, 3.05) is 13.2 Å². The quantitative estimate of drug-likeness (QED) is 0.212. The van der Waals surface area contributed by atoms with Gasteiger partial charge in [0.2, 0.25) is 0 Å². The Balaban J connectivity index is 1.58. The van der Waals surface area contributed by atoms with E-state index >= 15 is 0 Å². The topological polar surface area (TPSA) is 30.3 Å². The number of nitrogens with zero attached hydrogens (tertiary/aromatic N) is 3. The van der Waals surface area contributed by atoms with E-state index < -0.39 is 0 Å². The molecular weight excluding hydrogens is 430 g/mol. The summed E-state index contributed by atoms with van der Waals surface area (Å²) in [5, 5.41) is 0. The van der Waals surface area contributed by atoms with E-state index in [1.54, 1.807) is 0 Å². The Bertz CT molecular complexity index is 1150. The second kappa shape index (κ2) is 12.9. The van der Waals surface area contributed by atoms with Crippen LogP contribution in [0.5, 0.6) is 5.75 Å². The van der Waals surface area contributed by atoms with Crippen molar-refractivity contribution < 1.29 is 4.74 Å².